The number of allylic oxidation sites excluding steroid dienone is 3. The molecule has 0 fully saturated rings. The van der Waals surface area contributed by atoms with E-state index in [0.29, 0.717) is 11.9 Å². The number of carbonyl (C=O) groups is 2. The van der Waals surface area contributed by atoms with Crippen molar-refractivity contribution in [2.75, 3.05) is 0 Å². The van der Waals surface area contributed by atoms with Crippen molar-refractivity contribution in [3.8, 4) is 0 Å². The number of hydrogen-bond donors (Lipinski definition) is 2. The van der Waals surface area contributed by atoms with Crippen LogP contribution in [0.2, 0.25) is 0 Å². The second-order valence-corrected chi connectivity index (χ2v) is 2.52. The Labute approximate surface area is 83.3 Å². The molecule has 0 heterocycles. The summed E-state index contributed by atoms with van der Waals surface area (Å²) < 4.78 is 0. The van der Waals surface area contributed by atoms with Gasteiger partial charge in [0.2, 0.25) is 0 Å². The average Bonchev–Trinajstić information content (AvgIpc) is 2.16. The van der Waals surface area contributed by atoms with Crippen molar-refractivity contribution in [3.05, 3.63) is 36.1 Å². The summed E-state index contributed by atoms with van der Waals surface area (Å²) in [6.45, 7) is 6.86. The minimum absolute atomic E-state index is 0.0949. The molecule has 0 unspecified atom stereocenters. The van der Waals surface area contributed by atoms with Gasteiger partial charge in [0, 0.05) is 6.20 Å². The van der Waals surface area contributed by atoms with Crippen molar-refractivity contribution >= 4 is 12.2 Å². The van der Waals surface area contributed by atoms with Crippen molar-refractivity contribution in [1.29, 1.82) is 0 Å². The van der Waals surface area contributed by atoms with Gasteiger partial charge in [0.15, 0.2) is 6.29 Å². The van der Waals surface area contributed by atoms with Gasteiger partial charge in [0.25, 0.3) is 5.91 Å². The number of nitrogens with one attached hydrogen (secondary N) is 2. The molecule has 14 heavy (non-hydrogen) atoms. The van der Waals surface area contributed by atoms with E-state index in [1.54, 1.807) is 19.1 Å². The van der Waals surface area contributed by atoms with Gasteiger partial charge in [0.1, 0.15) is 0 Å². The first-order chi connectivity index (χ1) is 6.67. The first-order valence-electron chi connectivity index (χ1n) is 4.12. The summed E-state index contributed by atoms with van der Waals surface area (Å²) in [5.41, 5.74) is 5.41. The summed E-state index contributed by atoms with van der Waals surface area (Å²) in [6.07, 6.45) is 5.28. The lowest BCUT2D eigenvalue weighted by atomic mass is 10.1. The van der Waals surface area contributed by atoms with Gasteiger partial charge in [-0.2, -0.15) is 0 Å². The molecule has 0 aromatic rings. The van der Waals surface area contributed by atoms with E-state index in [-0.39, 0.29) is 5.57 Å². The molecular weight excluding hydrogens is 180 g/mol. The van der Waals surface area contributed by atoms with Gasteiger partial charge in [0.05, 0.1) is 5.57 Å². The summed E-state index contributed by atoms with van der Waals surface area (Å²) in [5.74, 6) is -0.476. The molecule has 76 valence electrons. The summed E-state index contributed by atoms with van der Waals surface area (Å²) >= 11 is 0. The Hall–Kier alpha value is -1.84. The number of hydrogen-bond acceptors (Lipinski definition) is 3. The molecule has 0 saturated carbocycles. The molecule has 0 spiro atoms. The van der Waals surface area contributed by atoms with Crippen LogP contribution in [-0.4, -0.2) is 12.2 Å². The number of rotatable bonds is 5. The normalized spacial score (nSPS) is 11.9. The molecule has 0 aromatic carbocycles. The van der Waals surface area contributed by atoms with Crippen LogP contribution in [0.3, 0.4) is 0 Å². The topological polar surface area (TPSA) is 58.2 Å². The van der Waals surface area contributed by atoms with Gasteiger partial charge in [-0.1, -0.05) is 18.7 Å². The highest BCUT2D eigenvalue weighted by Crippen LogP contribution is 2.02. The van der Waals surface area contributed by atoms with Crippen LogP contribution in [0.25, 0.3) is 0 Å². The number of carbonyl (C=O) groups excluding carboxylic acids is 2. The van der Waals surface area contributed by atoms with Crippen molar-refractivity contribution in [3.63, 3.8) is 0 Å². The molecule has 0 rings (SSSR count). The maximum absolute atomic E-state index is 11.3. The molecule has 0 aliphatic heterocycles. The summed E-state index contributed by atoms with van der Waals surface area (Å²) in [4.78, 5) is 21.9. The molecule has 0 bridgehead atoms. The van der Waals surface area contributed by atoms with E-state index in [4.69, 9.17) is 0 Å². The van der Waals surface area contributed by atoms with Gasteiger partial charge in [-0.25, -0.2) is 0 Å². The maximum atomic E-state index is 11.3. The van der Waals surface area contributed by atoms with Crippen molar-refractivity contribution < 1.29 is 9.59 Å². The Balaban J connectivity index is 4.70. The minimum atomic E-state index is -0.476. The molecule has 0 radical (unpaired) electrons. The number of amides is 1. The van der Waals surface area contributed by atoms with Crippen molar-refractivity contribution in [2.24, 2.45) is 0 Å². The lowest BCUT2D eigenvalue weighted by Gasteiger charge is -2.04. The molecule has 1 amide bonds. The maximum Gasteiger partial charge on any atom is 0.273 e. The first-order valence-corrected chi connectivity index (χ1v) is 4.12. The van der Waals surface area contributed by atoms with Crippen LogP contribution in [0.1, 0.15) is 13.8 Å². The molecule has 0 aliphatic carbocycles. The lowest BCUT2D eigenvalue weighted by Crippen LogP contribution is -2.35. The van der Waals surface area contributed by atoms with Crippen LogP contribution in [-0.2, 0) is 9.59 Å². The van der Waals surface area contributed by atoms with Crippen LogP contribution in [0.5, 0.6) is 0 Å². The van der Waals surface area contributed by atoms with Crippen molar-refractivity contribution in [2.45, 2.75) is 13.8 Å². The smallest absolute Gasteiger partial charge is 0.273 e. The second-order valence-electron chi connectivity index (χ2n) is 2.52. The van der Waals surface area contributed by atoms with Crippen LogP contribution >= 0.6 is 0 Å². The molecule has 2 N–H and O–H groups in total. The summed E-state index contributed by atoms with van der Waals surface area (Å²) in [7, 11) is 0. The zero-order valence-corrected chi connectivity index (χ0v) is 8.33. The Morgan fingerprint density at radius 1 is 1.43 bits per heavy atom. The number of aldehydes is 1. The fraction of sp³-hybridized carbons (Fsp3) is 0.200. The third-order valence-corrected chi connectivity index (χ3v) is 1.49. The monoisotopic (exact) mass is 194 g/mol. The van der Waals surface area contributed by atoms with Gasteiger partial charge in [-0.05, 0) is 19.4 Å². The van der Waals surface area contributed by atoms with Crippen LogP contribution in [0, 0.1) is 0 Å². The van der Waals surface area contributed by atoms with Crippen LogP contribution in [0.15, 0.2) is 36.1 Å². The molecule has 0 aromatic heterocycles. The fourth-order valence-electron chi connectivity index (χ4n) is 0.849. The zero-order chi connectivity index (χ0) is 11.0. The van der Waals surface area contributed by atoms with E-state index in [9.17, 15) is 9.59 Å². The lowest BCUT2D eigenvalue weighted by molar-refractivity contribution is -0.119. The van der Waals surface area contributed by atoms with E-state index < -0.39 is 5.91 Å². The minimum Gasteiger partial charge on any atom is -0.306 e. The highest BCUT2D eigenvalue weighted by atomic mass is 16.2. The average molecular weight is 194 g/mol. The Kier molecular flexibility index (Phi) is 5.78. The summed E-state index contributed by atoms with van der Waals surface area (Å²) in [6, 6.07) is 0. The quantitative estimate of drug-likeness (QED) is 0.170. The van der Waals surface area contributed by atoms with E-state index in [0.717, 1.165) is 0 Å². The summed E-state index contributed by atoms with van der Waals surface area (Å²) in [5, 5.41) is 0. The standard InChI is InChI=1S/C10H14N2O2/c1-4-6-8(3)9(7-13)10(14)12-11-5-2/h4-7,11H,2H2,1,3H3,(H,12,14)/b6-4-,9-8+. The molecule has 4 heteroatoms. The third-order valence-electron chi connectivity index (χ3n) is 1.49. The van der Waals surface area contributed by atoms with Gasteiger partial charge >= 0.3 is 0 Å². The molecule has 0 aliphatic rings. The molecular formula is C10H14N2O2. The fourth-order valence-corrected chi connectivity index (χ4v) is 0.849. The van der Waals surface area contributed by atoms with Crippen LogP contribution < -0.4 is 10.9 Å². The highest BCUT2D eigenvalue weighted by Gasteiger charge is 2.09. The van der Waals surface area contributed by atoms with E-state index in [1.807, 2.05) is 6.92 Å². The predicted molar refractivity (Wildman–Crippen MR) is 55.1 cm³/mol. The predicted octanol–water partition coefficient (Wildman–Crippen LogP) is 0.842. The Morgan fingerprint density at radius 3 is 2.50 bits per heavy atom. The van der Waals surface area contributed by atoms with Crippen molar-refractivity contribution in [1.82, 2.24) is 10.9 Å². The first kappa shape index (κ1) is 12.2. The van der Waals surface area contributed by atoms with Gasteiger partial charge in [-0.3, -0.25) is 15.0 Å². The number of hydrazine groups is 1. The van der Waals surface area contributed by atoms with E-state index in [2.05, 4.69) is 17.4 Å². The van der Waals surface area contributed by atoms with Gasteiger partial charge in [-0.15, -0.1) is 0 Å². The Morgan fingerprint density at radius 2 is 2.07 bits per heavy atom. The third kappa shape index (κ3) is 3.71. The largest absolute Gasteiger partial charge is 0.306 e. The molecule has 0 atom stereocenters. The SMILES string of the molecule is C=CNNC(=O)/C(C=O)=C(C)/C=C\C. The van der Waals surface area contributed by atoms with E-state index in [1.165, 1.54) is 6.20 Å². The zero-order valence-electron chi connectivity index (χ0n) is 8.33. The second kappa shape index (κ2) is 6.65. The van der Waals surface area contributed by atoms with Gasteiger partial charge < -0.3 is 5.43 Å². The van der Waals surface area contributed by atoms with Crippen LogP contribution in [0.4, 0.5) is 0 Å². The molecule has 0 saturated heterocycles. The Bertz CT molecular complexity index is 290. The molecule has 4 nitrogen and oxygen atoms in total. The highest BCUT2D eigenvalue weighted by molar-refractivity contribution is 6.11. The van der Waals surface area contributed by atoms with E-state index >= 15 is 0 Å².